The van der Waals surface area contributed by atoms with E-state index < -0.39 is 72.0 Å². The summed E-state index contributed by atoms with van der Waals surface area (Å²) < 4.78 is 0. The van der Waals surface area contributed by atoms with E-state index in [1.165, 1.54) is 18.6 Å². The minimum atomic E-state index is -1.32. The molecule has 1 aliphatic carbocycles. The number of aliphatic carboxylic acids is 1. The van der Waals surface area contributed by atoms with Gasteiger partial charge >= 0.3 is 5.97 Å². The van der Waals surface area contributed by atoms with Gasteiger partial charge in [0.05, 0.1) is 12.2 Å². The number of amides is 5. The highest BCUT2D eigenvalue weighted by Gasteiger charge is 2.35. The van der Waals surface area contributed by atoms with Crippen molar-refractivity contribution in [2.24, 2.45) is 17.8 Å². The molecule has 2 rings (SSSR count). The van der Waals surface area contributed by atoms with Gasteiger partial charge in [0, 0.05) is 12.4 Å². The van der Waals surface area contributed by atoms with Crippen LogP contribution in [0.25, 0.3) is 0 Å². The number of nitrogens with zero attached hydrogens (tertiary/aromatic N) is 2. The van der Waals surface area contributed by atoms with Gasteiger partial charge in [-0.1, -0.05) is 73.1 Å². The van der Waals surface area contributed by atoms with Gasteiger partial charge in [0.1, 0.15) is 30.4 Å². The van der Waals surface area contributed by atoms with Gasteiger partial charge in [-0.05, 0) is 37.0 Å². The van der Waals surface area contributed by atoms with Crippen molar-refractivity contribution in [3.05, 3.63) is 24.3 Å². The van der Waals surface area contributed by atoms with E-state index in [1.807, 2.05) is 26.1 Å². The molecule has 0 unspecified atom stereocenters. The average molecular weight is 674 g/mol. The first kappa shape index (κ1) is 39.7. The van der Waals surface area contributed by atoms with Crippen LogP contribution in [0.2, 0.25) is 0 Å². The van der Waals surface area contributed by atoms with E-state index in [4.69, 9.17) is 5.11 Å². The van der Waals surface area contributed by atoms with Crippen LogP contribution in [0.1, 0.15) is 103 Å². The van der Waals surface area contributed by atoms with E-state index in [0.717, 1.165) is 32.1 Å². The van der Waals surface area contributed by atoms with Crippen LogP contribution in [0.4, 0.5) is 0 Å². The van der Waals surface area contributed by atoms with Crippen LogP contribution in [0, 0.1) is 17.8 Å². The number of hydrogen-bond acceptors (Lipinski definition) is 9. The largest absolute Gasteiger partial charge is 0.480 e. The summed E-state index contributed by atoms with van der Waals surface area (Å²) in [5.74, 6) is -6.10. The zero-order chi connectivity index (χ0) is 35.8. The minimum absolute atomic E-state index is 0.0165. The van der Waals surface area contributed by atoms with Crippen molar-refractivity contribution in [1.82, 2.24) is 36.6 Å². The SMILES string of the molecule is CC[C@H](NC(=O)[C@H](CC1CCCCC1)NC(=O)[C@@H](NC(=O)[C@H](CC(C)C)NC(=O)c1cnccn1)[C@H](C)CC)C(=O)C(=O)NCC(=O)O. The fourth-order valence-corrected chi connectivity index (χ4v) is 5.58. The number of nitrogens with one attached hydrogen (secondary N) is 5. The van der Waals surface area contributed by atoms with Crippen LogP contribution in [-0.2, 0) is 28.8 Å². The van der Waals surface area contributed by atoms with E-state index >= 15 is 0 Å². The third-order valence-corrected chi connectivity index (χ3v) is 8.51. The van der Waals surface area contributed by atoms with Crippen LogP contribution < -0.4 is 26.6 Å². The Bertz CT molecular complexity index is 1270. The fraction of sp³-hybridized carbons (Fsp3) is 0.667. The molecular weight excluding hydrogens is 622 g/mol. The van der Waals surface area contributed by atoms with Crippen molar-refractivity contribution in [1.29, 1.82) is 0 Å². The Morgan fingerprint density at radius 2 is 1.46 bits per heavy atom. The number of carboxylic acid groups (broad SMARTS) is 1. The summed E-state index contributed by atoms with van der Waals surface area (Å²) in [6.45, 7) is 8.28. The maximum absolute atomic E-state index is 13.9. The first-order valence-corrected chi connectivity index (χ1v) is 16.8. The second-order valence-corrected chi connectivity index (χ2v) is 12.8. The van der Waals surface area contributed by atoms with Gasteiger partial charge < -0.3 is 31.7 Å². The van der Waals surface area contributed by atoms with Gasteiger partial charge in [-0.15, -0.1) is 0 Å². The predicted molar refractivity (Wildman–Crippen MR) is 175 cm³/mol. The second-order valence-electron chi connectivity index (χ2n) is 12.8. The molecule has 0 aromatic carbocycles. The molecule has 5 atom stereocenters. The number of rotatable bonds is 19. The van der Waals surface area contributed by atoms with Crippen molar-refractivity contribution < 1.29 is 38.7 Å². The molecular formula is C33H51N7O8. The topological polar surface area (TPSA) is 226 Å². The van der Waals surface area contributed by atoms with Crippen LogP contribution in [-0.4, -0.2) is 87.1 Å². The Balaban J connectivity index is 2.27. The molecule has 1 aromatic heterocycles. The van der Waals surface area contributed by atoms with Crippen LogP contribution in [0.5, 0.6) is 0 Å². The quantitative estimate of drug-likeness (QED) is 0.115. The standard InChI is InChI=1S/C33H51N7O8/c1-6-20(5)27(40-30(45)23(15-19(3)4)38-31(46)25-17-34-13-14-35-25)32(47)39-24(16-21-11-9-8-10-12-21)29(44)37-22(7-2)28(43)33(48)36-18-26(41)42/h13-14,17,19-24,27H,6-12,15-16,18H2,1-5H3,(H,36,48)(H,37,44)(H,38,46)(H,39,47)(H,40,45)(H,41,42)/t20-,22+,23+,24+,27+/m1/s1. The molecule has 1 saturated carbocycles. The Labute approximate surface area is 281 Å². The lowest BCUT2D eigenvalue weighted by molar-refractivity contribution is -0.143. The molecule has 0 aliphatic heterocycles. The monoisotopic (exact) mass is 673 g/mol. The molecule has 266 valence electrons. The number of carboxylic acids is 1. The van der Waals surface area contributed by atoms with Crippen LogP contribution >= 0.6 is 0 Å². The summed E-state index contributed by atoms with van der Waals surface area (Å²) in [5.41, 5.74) is 0.0371. The summed E-state index contributed by atoms with van der Waals surface area (Å²) in [6.07, 6.45) is 9.97. The summed E-state index contributed by atoms with van der Waals surface area (Å²) in [6, 6.07) is -4.35. The second kappa shape index (κ2) is 20.1. The molecule has 1 fully saturated rings. The molecule has 48 heavy (non-hydrogen) atoms. The number of ketones is 1. The lowest BCUT2D eigenvalue weighted by atomic mass is 9.84. The first-order valence-electron chi connectivity index (χ1n) is 16.8. The van der Waals surface area contributed by atoms with E-state index in [9.17, 15) is 33.6 Å². The number of Topliss-reactive ketones (excluding diaryl/α,β-unsaturated/α-hetero) is 1. The molecule has 0 saturated heterocycles. The van der Waals surface area contributed by atoms with Gasteiger partial charge in [-0.3, -0.25) is 38.5 Å². The van der Waals surface area contributed by atoms with Gasteiger partial charge in [0.15, 0.2) is 0 Å². The molecule has 1 heterocycles. The highest BCUT2D eigenvalue weighted by molar-refractivity contribution is 6.38. The van der Waals surface area contributed by atoms with E-state index in [-0.39, 0.29) is 36.3 Å². The highest BCUT2D eigenvalue weighted by atomic mass is 16.4. The average Bonchev–Trinajstić information content (AvgIpc) is 3.07. The zero-order valence-corrected chi connectivity index (χ0v) is 28.5. The van der Waals surface area contributed by atoms with Crippen molar-refractivity contribution in [3.63, 3.8) is 0 Å². The number of carbonyl (C=O) groups is 7. The lowest BCUT2D eigenvalue weighted by Gasteiger charge is -2.31. The Kier molecular flexibility index (Phi) is 16.6. The molecule has 0 spiro atoms. The fourth-order valence-electron chi connectivity index (χ4n) is 5.58. The van der Waals surface area contributed by atoms with Gasteiger partial charge in [-0.2, -0.15) is 0 Å². The molecule has 0 bridgehead atoms. The molecule has 6 N–H and O–H groups in total. The summed E-state index contributed by atoms with van der Waals surface area (Å²) >= 11 is 0. The van der Waals surface area contributed by atoms with Crippen molar-refractivity contribution in [2.75, 3.05) is 6.54 Å². The molecule has 15 heteroatoms. The van der Waals surface area contributed by atoms with Gasteiger partial charge in [-0.25, -0.2) is 4.98 Å². The lowest BCUT2D eigenvalue weighted by Crippen LogP contribution is -2.60. The number of hydrogen-bond donors (Lipinski definition) is 6. The molecule has 15 nitrogen and oxygen atoms in total. The number of aromatic nitrogens is 2. The maximum Gasteiger partial charge on any atom is 0.322 e. The molecule has 5 amide bonds. The van der Waals surface area contributed by atoms with E-state index in [1.54, 1.807) is 13.8 Å². The minimum Gasteiger partial charge on any atom is -0.480 e. The Morgan fingerprint density at radius 1 is 0.812 bits per heavy atom. The predicted octanol–water partition coefficient (Wildman–Crippen LogP) is 1.27. The summed E-state index contributed by atoms with van der Waals surface area (Å²) in [5, 5.41) is 21.7. The normalized spacial score (nSPS) is 16.4. The van der Waals surface area contributed by atoms with Gasteiger partial charge in [0.2, 0.25) is 23.5 Å². The molecule has 0 radical (unpaired) electrons. The van der Waals surface area contributed by atoms with Crippen LogP contribution in [0.15, 0.2) is 18.6 Å². The Hall–Kier alpha value is -4.43. The Morgan fingerprint density at radius 3 is 2.02 bits per heavy atom. The van der Waals surface area contributed by atoms with Crippen molar-refractivity contribution in [3.8, 4) is 0 Å². The van der Waals surface area contributed by atoms with Crippen molar-refractivity contribution in [2.45, 2.75) is 117 Å². The zero-order valence-electron chi connectivity index (χ0n) is 28.5. The van der Waals surface area contributed by atoms with Crippen molar-refractivity contribution >= 4 is 41.3 Å². The maximum atomic E-state index is 13.9. The first-order chi connectivity index (χ1) is 22.8. The van der Waals surface area contributed by atoms with Gasteiger partial charge in [0.25, 0.3) is 11.8 Å². The summed E-state index contributed by atoms with van der Waals surface area (Å²) in [7, 11) is 0. The third kappa shape index (κ3) is 13.0. The smallest absolute Gasteiger partial charge is 0.322 e. The van der Waals surface area contributed by atoms with E-state index in [0.29, 0.717) is 12.8 Å². The molecule has 1 aliphatic rings. The van der Waals surface area contributed by atoms with E-state index in [2.05, 4.69) is 31.2 Å². The highest BCUT2D eigenvalue weighted by Crippen LogP contribution is 2.27. The number of carbonyl (C=O) groups excluding carboxylic acids is 6. The summed E-state index contributed by atoms with van der Waals surface area (Å²) in [4.78, 5) is 97.6. The van der Waals surface area contributed by atoms with Crippen LogP contribution in [0.3, 0.4) is 0 Å². The molecule has 1 aromatic rings. The third-order valence-electron chi connectivity index (χ3n) is 8.51.